The van der Waals surface area contributed by atoms with E-state index in [2.05, 4.69) is 10.6 Å². The molecule has 37 heavy (non-hydrogen) atoms. The molecule has 2 heterocycles. The van der Waals surface area contributed by atoms with E-state index >= 15 is 0 Å². The van der Waals surface area contributed by atoms with Crippen LogP contribution in [0, 0.1) is 20.8 Å². The van der Waals surface area contributed by atoms with E-state index in [1.807, 2.05) is 63.2 Å². The molecule has 1 atom stereocenters. The Balaban J connectivity index is 1.71. The van der Waals surface area contributed by atoms with E-state index in [1.165, 1.54) is 16.2 Å². The molecule has 2 aromatic carbocycles. The van der Waals surface area contributed by atoms with E-state index < -0.39 is 11.9 Å². The van der Waals surface area contributed by atoms with E-state index in [-0.39, 0.29) is 24.9 Å². The standard InChI is InChI=1S/C29H29N3O4S/c1-19-8-10-22(11-9-19)27(29(35)30-17-24-6-4-12-36-24)32(23-15-20(2)14-21(3)16-23)26(33)18-31-28(34)25-7-5-13-37-25/h4-16,27H,17-18H2,1-3H3,(H,30,35)(H,31,34). The van der Waals surface area contributed by atoms with Gasteiger partial charge in [-0.2, -0.15) is 0 Å². The van der Waals surface area contributed by atoms with Crippen LogP contribution in [0.15, 0.2) is 82.8 Å². The lowest BCUT2D eigenvalue weighted by atomic mass is 10.0. The minimum Gasteiger partial charge on any atom is -0.467 e. The fraction of sp³-hybridized carbons (Fsp3) is 0.207. The molecule has 0 aliphatic carbocycles. The van der Waals surface area contributed by atoms with E-state index in [0.717, 1.165) is 16.7 Å². The van der Waals surface area contributed by atoms with Crippen LogP contribution in [0.1, 0.15) is 43.7 Å². The lowest BCUT2D eigenvalue weighted by Gasteiger charge is -2.32. The van der Waals surface area contributed by atoms with E-state index in [1.54, 1.807) is 35.9 Å². The van der Waals surface area contributed by atoms with Gasteiger partial charge in [0.05, 0.1) is 24.2 Å². The first-order valence-electron chi connectivity index (χ1n) is 11.9. The van der Waals surface area contributed by atoms with Crippen molar-refractivity contribution in [1.29, 1.82) is 0 Å². The zero-order chi connectivity index (χ0) is 26.4. The Morgan fingerprint density at radius 3 is 2.24 bits per heavy atom. The Bertz CT molecular complexity index is 1340. The molecule has 2 N–H and O–H groups in total. The van der Waals surface area contributed by atoms with Crippen LogP contribution in [0.25, 0.3) is 0 Å². The Morgan fingerprint density at radius 1 is 0.892 bits per heavy atom. The summed E-state index contributed by atoms with van der Waals surface area (Å²) in [5.41, 5.74) is 4.17. The summed E-state index contributed by atoms with van der Waals surface area (Å²) in [7, 11) is 0. The summed E-state index contributed by atoms with van der Waals surface area (Å²) in [6.45, 7) is 5.75. The van der Waals surface area contributed by atoms with Gasteiger partial charge >= 0.3 is 0 Å². The minimum absolute atomic E-state index is 0.179. The summed E-state index contributed by atoms with van der Waals surface area (Å²) < 4.78 is 5.37. The first-order chi connectivity index (χ1) is 17.8. The number of benzene rings is 2. The number of anilines is 1. The number of thiophene rings is 1. The number of hydrogen-bond acceptors (Lipinski definition) is 5. The van der Waals surface area contributed by atoms with Gasteiger partial charge in [-0.15, -0.1) is 11.3 Å². The molecule has 0 saturated heterocycles. The highest BCUT2D eigenvalue weighted by Crippen LogP contribution is 2.30. The first-order valence-corrected chi connectivity index (χ1v) is 12.8. The van der Waals surface area contributed by atoms with Crippen LogP contribution in [0.4, 0.5) is 5.69 Å². The number of nitrogens with one attached hydrogen (secondary N) is 2. The van der Waals surface area contributed by atoms with Crippen molar-refractivity contribution in [1.82, 2.24) is 10.6 Å². The summed E-state index contributed by atoms with van der Waals surface area (Å²) in [6, 6.07) is 19.3. The quantitative estimate of drug-likeness (QED) is 0.325. The molecule has 7 nitrogen and oxygen atoms in total. The zero-order valence-electron chi connectivity index (χ0n) is 21.0. The molecule has 3 amide bonds. The van der Waals surface area contributed by atoms with Gasteiger partial charge in [0, 0.05) is 5.69 Å². The van der Waals surface area contributed by atoms with Gasteiger partial charge in [-0.3, -0.25) is 19.3 Å². The normalized spacial score (nSPS) is 11.5. The van der Waals surface area contributed by atoms with Crippen LogP contribution in [0.3, 0.4) is 0 Å². The monoisotopic (exact) mass is 515 g/mol. The third-order valence-corrected chi connectivity index (χ3v) is 6.68. The van der Waals surface area contributed by atoms with Gasteiger partial charge < -0.3 is 15.1 Å². The number of carbonyl (C=O) groups excluding carboxylic acids is 3. The van der Waals surface area contributed by atoms with Crippen molar-refractivity contribution in [2.24, 2.45) is 0 Å². The molecule has 2 aromatic heterocycles. The van der Waals surface area contributed by atoms with Crippen molar-refractivity contribution in [3.05, 3.63) is 111 Å². The molecule has 0 spiro atoms. The average molecular weight is 516 g/mol. The number of carbonyl (C=O) groups is 3. The lowest BCUT2D eigenvalue weighted by Crippen LogP contribution is -2.47. The lowest BCUT2D eigenvalue weighted by molar-refractivity contribution is -0.126. The Kier molecular flexibility index (Phi) is 8.20. The summed E-state index contributed by atoms with van der Waals surface area (Å²) in [5.74, 6) is -0.507. The molecule has 8 heteroatoms. The van der Waals surface area contributed by atoms with Gasteiger partial charge in [-0.05, 0) is 73.2 Å². The molecule has 1 unspecified atom stereocenters. The zero-order valence-corrected chi connectivity index (χ0v) is 21.8. The Morgan fingerprint density at radius 2 is 1.62 bits per heavy atom. The van der Waals surface area contributed by atoms with Gasteiger partial charge in [0.2, 0.25) is 11.8 Å². The largest absolute Gasteiger partial charge is 0.467 e. The molecular formula is C29H29N3O4S. The topological polar surface area (TPSA) is 91.7 Å². The first kappa shape index (κ1) is 25.9. The third kappa shape index (κ3) is 6.54. The molecule has 0 fully saturated rings. The molecule has 0 aliphatic rings. The highest BCUT2D eigenvalue weighted by Gasteiger charge is 2.33. The van der Waals surface area contributed by atoms with Gasteiger partial charge in [0.15, 0.2) is 0 Å². The smallest absolute Gasteiger partial charge is 0.261 e. The van der Waals surface area contributed by atoms with Gasteiger partial charge in [-0.25, -0.2) is 0 Å². The number of aryl methyl sites for hydroxylation is 3. The molecule has 190 valence electrons. The summed E-state index contributed by atoms with van der Waals surface area (Å²) in [5, 5.41) is 7.42. The van der Waals surface area contributed by atoms with Crippen LogP contribution in [0.2, 0.25) is 0 Å². The highest BCUT2D eigenvalue weighted by molar-refractivity contribution is 7.12. The van der Waals surface area contributed by atoms with E-state index in [0.29, 0.717) is 21.9 Å². The van der Waals surface area contributed by atoms with Gasteiger partial charge in [0.1, 0.15) is 11.8 Å². The maximum atomic E-state index is 13.8. The SMILES string of the molecule is Cc1ccc(C(C(=O)NCc2ccco2)N(C(=O)CNC(=O)c2cccs2)c2cc(C)cc(C)c2)cc1. The fourth-order valence-corrected chi connectivity index (χ4v) is 4.75. The van der Waals surface area contributed by atoms with Crippen molar-refractivity contribution in [2.75, 3.05) is 11.4 Å². The van der Waals surface area contributed by atoms with Crippen LogP contribution in [0.5, 0.6) is 0 Å². The van der Waals surface area contributed by atoms with Crippen molar-refractivity contribution in [3.63, 3.8) is 0 Å². The number of amides is 3. The molecule has 0 saturated carbocycles. The van der Waals surface area contributed by atoms with Crippen molar-refractivity contribution < 1.29 is 18.8 Å². The third-order valence-electron chi connectivity index (χ3n) is 5.82. The highest BCUT2D eigenvalue weighted by atomic mass is 32.1. The van der Waals surface area contributed by atoms with Crippen LogP contribution in [-0.4, -0.2) is 24.3 Å². The Hall–Kier alpha value is -4.17. The van der Waals surface area contributed by atoms with Crippen LogP contribution >= 0.6 is 11.3 Å². The molecule has 4 rings (SSSR count). The Labute approximate surface area is 220 Å². The fourth-order valence-electron chi connectivity index (χ4n) is 4.11. The van der Waals surface area contributed by atoms with E-state index in [4.69, 9.17) is 4.42 Å². The van der Waals surface area contributed by atoms with Gasteiger partial charge in [-0.1, -0.05) is 42.0 Å². The predicted molar refractivity (Wildman–Crippen MR) is 145 cm³/mol. The second-order valence-electron chi connectivity index (χ2n) is 8.88. The second-order valence-corrected chi connectivity index (χ2v) is 9.83. The maximum Gasteiger partial charge on any atom is 0.261 e. The number of nitrogens with zero attached hydrogens (tertiary/aromatic N) is 1. The second kappa shape index (κ2) is 11.7. The molecule has 0 aliphatic heterocycles. The van der Waals surface area contributed by atoms with Crippen molar-refractivity contribution in [2.45, 2.75) is 33.4 Å². The molecular weight excluding hydrogens is 486 g/mol. The number of furan rings is 1. The van der Waals surface area contributed by atoms with Crippen molar-refractivity contribution in [3.8, 4) is 0 Å². The average Bonchev–Trinajstić information content (AvgIpc) is 3.59. The maximum absolute atomic E-state index is 13.8. The van der Waals surface area contributed by atoms with E-state index in [9.17, 15) is 14.4 Å². The van der Waals surface area contributed by atoms with Crippen molar-refractivity contribution >= 4 is 34.7 Å². The summed E-state index contributed by atoms with van der Waals surface area (Å²) >= 11 is 1.30. The summed E-state index contributed by atoms with van der Waals surface area (Å²) in [6.07, 6.45) is 1.54. The molecule has 0 radical (unpaired) electrons. The van der Waals surface area contributed by atoms with Crippen LogP contribution < -0.4 is 15.5 Å². The van der Waals surface area contributed by atoms with Gasteiger partial charge in [0.25, 0.3) is 5.91 Å². The van der Waals surface area contributed by atoms with Crippen LogP contribution in [-0.2, 0) is 16.1 Å². The summed E-state index contributed by atoms with van der Waals surface area (Å²) in [4.78, 5) is 42.0. The minimum atomic E-state index is -0.970. The predicted octanol–water partition coefficient (Wildman–Crippen LogP) is 5.09. The molecule has 4 aromatic rings. The number of hydrogen-bond donors (Lipinski definition) is 2. The molecule has 0 bridgehead atoms. The number of rotatable bonds is 9.